The van der Waals surface area contributed by atoms with Gasteiger partial charge in [-0.2, -0.15) is 0 Å². The summed E-state index contributed by atoms with van der Waals surface area (Å²) >= 11 is 0. The number of ether oxygens (including phenoxy) is 2. The zero-order chi connectivity index (χ0) is 21.9. The molecule has 31 heavy (non-hydrogen) atoms. The maximum absolute atomic E-state index is 10.4. The van der Waals surface area contributed by atoms with Gasteiger partial charge in [0.1, 0.15) is 30.2 Å². The lowest BCUT2D eigenvalue weighted by molar-refractivity contribution is -0.319. The standard InChI is InChI=1S/C24H34O7/c1-24-9-8-15-14-5-3-13(26)10-12(14)2-4-16(15)17(24)6-7-19(24)31-23-22(29)21(28)20(27)18(11-25)30-23/h3,5,10,15-23,25-29H,2,4,6-9,11H2,1H3/t15-,16-,17+,18-,19?,20-,21+,22-,23+,24+/m1/s1. The molecule has 1 saturated heterocycles. The number of phenolic OH excluding ortho intramolecular Hbond substituents is 1. The lowest BCUT2D eigenvalue weighted by Crippen LogP contribution is -2.60. The molecule has 1 aliphatic heterocycles. The first-order valence-corrected chi connectivity index (χ1v) is 11.6. The fourth-order valence-electron chi connectivity index (χ4n) is 7.09. The Kier molecular flexibility index (Phi) is 5.56. The van der Waals surface area contributed by atoms with Crippen molar-refractivity contribution >= 4 is 0 Å². The van der Waals surface area contributed by atoms with Gasteiger partial charge < -0.3 is 35.0 Å². The van der Waals surface area contributed by atoms with Crippen molar-refractivity contribution in [3.8, 4) is 5.75 Å². The highest BCUT2D eigenvalue weighted by molar-refractivity contribution is 5.40. The number of benzene rings is 1. The summed E-state index contributed by atoms with van der Waals surface area (Å²) in [7, 11) is 0. The third kappa shape index (κ3) is 3.41. The molecule has 0 radical (unpaired) electrons. The van der Waals surface area contributed by atoms with Gasteiger partial charge >= 0.3 is 0 Å². The molecular formula is C24H34O7. The van der Waals surface area contributed by atoms with Crippen LogP contribution in [0.1, 0.15) is 56.1 Å². The maximum Gasteiger partial charge on any atom is 0.186 e. The molecular weight excluding hydrogens is 400 g/mol. The van der Waals surface area contributed by atoms with Crippen LogP contribution in [-0.2, 0) is 15.9 Å². The minimum atomic E-state index is -1.41. The molecule has 7 nitrogen and oxygen atoms in total. The number of hydrogen-bond donors (Lipinski definition) is 5. The Morgan fingerprint density at radius 2 is 1.87 bits per heavy atom. The number of aryl methyl sites for hydroxylation is 1. The molecule has 0 spiro atoms. The van der Waals surface area contributed by atoms with Crippen molar-refractivity contribution in [2.45, 2.75) is 88.2 Å². The van der Waals surface area contributed by atoms with E-state index in [0.29, 0.717) is 23.5 Å². The Morgan fingerprint density at radius 1 is 1.06 bits per heavy atom. The van der Waals surface area contributed by atoms with Crippen LogP contribution < -0.4 is 0 Å². The van der Waals surface area contributed by atoms with Crippen LogP contribution in [0.25, 0.3) is 0 Å². The molecule has 7 heteroatoms. The van der Waals surface area contributed by atoms with Crippen molar-refractivity contribution in [3.63, 3.8) is 0 Å². The van der Waals surface area contributed by atoms with Crippen molar-refractivity contribution < 1.29 is 35.0 Å². The molecule has 3 aliphatic carbocycles. The van der Waals surface area contributed by atoms with E-state index in [0.717, 1.165) is 38.5 Å². The Bertz CT molecular complexity index is 813. The lowest BCUT2D eigenvalue weighted by Gasteiger charge is -2.51. The highest BCUT2D eigenvalue weighted by atomic mass is 16.7. The monoisotopic (exact) mass is 434 g/mol. The molecule has 3 fully saturated rings. The molecule has 1 aromatic carbocycles. The van der Waals surface area contributed by atoms with Crippen LogP contribution in [0.5, 0.6) is 5.75 Å². The quantitative estimate of drug-likeness (QED) is 0.488. The van der Waals surface area contributed by atoms with Crippen LogP contribution in [0, 0.1) is 17.3 Å². The highest BCUT2D eigenvalue weighted by Gasteiger charge is 2.57. The van der Waals surface area contributed by atoms with Crippen molar-refractivity contribution in [2.24, 2.45) is 17.3 Å². The van der Waals surface area contributed by atoms with Gasteiger partial charge in [0.25, 0.3) is 0 Å². The molecule has 0 bridgehead atoms. The van der Waals surface area contributed by atoms with E-state index in [1.165, 1.54) is 11.1 Å². The Hall–Kier alpha value is -1.22. The van der Waals surface area contributed by atoms with Crippen LogP contribution in [0.3, 0.4) is 0 Å². The summed E-state index contributed by atoms with van der Waals surface area (Å²) in [5, 5.41) is 49.9. The van der Waals surface area contributed by atoms with E-state index < -0.39 is 37.3 Å². The minimum absolute atomic E-state index is 0.0472. The average Bonchev–Trinajstić information content (AvgIpc) is 3.09. The smallest absolute Gasteiger partial charge is 0.186 e. The molecule has 1 aromatic rings. The van der Waals surface area contributed by atoms with Gasteiger partial charge in [-0.3, -0.25) is 0 Å². The van der Waals surface area contributed by atoms with Gasteiger partial charge in [-0.25, -0.2) is 0 Å². The van der Waals surface area contributed by atoms with E-state index in [4.69, 9.17) is 9.47 Å². The summed E-state index contributed by atoms with van der Waals surface area (Å²) in [4.78, 5) is 0. The predicted molar refractivity (Wildman–Crippen MR) is 111 cm³/mol. The molecule has 5 rings (SSSR count). The number of hydrogen-bond acceptors (Lipinski definition) is 7. The molecule has 10 atom stereocenters. The van der Waals surface area contributed by atoms with Gasteiger partial charge in [0.15, 0.2) is 6.29 Å². The first-order chi connectivity index (χ1) is 14.8. The maximum atomic E-state index is 10.4. The SMILES string of the molecule is C[C@]12CC[C@@H]3c4ccc(O)cc4CC[C@H]3[C@@H]1CCC2O[C@@H]1O[C@H](CO)[C@@H](O)[C@H](O)[C@H]1O. The minimum Gasteiger partial charge on any atom is -0.508 e. The van der Waals surface area contributed by atoms with Crippen LogP contribution in [0.15, 0.2) is 18.2 Å². The Labute approximate surface area is 182 Å². The summed E-state index contributed by atoms with van der Waals surface area (Å²) in [5.41, 5.74) is 2.61. The van der Waals surface area contributed by atoms with Crippen molar-refractivity contribution in [3.05, 3.63) is 29.3 Å². The van der Waals surface area contributed by atoms with Crippen molar-refractivity contribution in [1.82, 2.24) is 0 Å². The second kappa shape index (κ2) is 7.97. The summed E-state index contributed by atoms with van der Waals surface area (Å²) < 4.78 is 11.9. The summed E-state index contributed by atoms with van der Waals surface area (Å²) in [6.45, 7) is 1.83. The zero-order valence-electron chi connectivity index (χ0n) is 17.9. The second-order valence-corrected chi connectivity index (χ2v) is 10.2. The average molecular weight is 435 g/mol. The van der Waals surface area contributed by atoms with Crippen molar-refractivity contribution in [2.75, 3.05) is 6.61 Å². The molecule has 5 N–H and O–H groups in total. The Morgan fingerprint density at radius 3 is 2.65 bits per heavy atom. The van der Waals surface area contributed by atoms with E-state index in [1.807, 2.05) is 6.07 Å². The third-order valence-electron chi connectivity index (χ3n) is 8.77. The first-order valence-electron chi connectivity index (χ1n) is 11.6. The predicted octanol–water partition coefficient (Wildman–Crippen LogP) is 1.43. The third-order valence-corrected chi connectivity index (χ3v) is 8.77. The molecule has 1 unspecified atom stereocenters. The van der Waals surface area contributed by atoms with Gasteiger partial charge in [-0.15, -0.1) is 0 Å². The van der Waals surface area contributed by atoms with Gasteiger partial charge in [0.05, 0.1) is 12.7 Å². The molecule has 4 aliphatic rings. The topological polar surface area (TPSA) is 120 Å². The van der Waals surface area contributed by atoms with E-state index >= 15 is 0 Å². The van der Waals surface area contributed by atoms with Gasteiger partial charge in [-0.05, 0) is 85.0 Å². The number of aliphatic hydroxyl groups excluding tert-OH is 4. The summed E-state index contributed by atoms with van der Waals surface area (Å²) in [6.07, 6.45) is -0.206. The van der Waals surface area contributed by atoms with Crippen molar-refractivity contribution in [1.29, 1.82) is 0 Å². The fourth-order valence-corrected chi connectivity index (χ4v) is 7.09. The first kappa shape index (κ1) is 21.6. The van der Waals surface area contributed by atoms with Gasteiger partial charge in [0.2, 0.25) is 0 Å². The van der Waals surface area contributed by atoms with Gasteiger partial charge in [-0.1, -0.05) is 13.0 Å². The largest absolute Gasteiger partial charge is 0.508 e. The highest BCUT2D eigenvalue weighted by Crippen LogP contribution is 2.61. The number of phenols is 1. The van der Waals surface area contributed by atoms with E-state index in [1.54, 1.807) is 6.07 Å². The molecule has 0 amide bonds. The summed E-state index contributed by atoms with van der Waals surface area (Å²) in [6, 6.07) is 5.81. The molecule has 1 heterocycles. The Balaban J connectivity index is 1.33. The van der Waals surface area contributed by atoms with Crippen LogP contribution in [0.2, 0.25) is 0 Å². The lowest BCUT2D eigenvalue weighted by atomic mass is 9.55. The number of fused-ring (bicyclic) bond motifs is 5. The second-order valence-electron chi connectivity index (χ2n) is 10.2. The van der Waals surface area contributed by atoms with E-state index in [-0.39, 0.29) is 11.5 Å². The zero-order valence-corrected chi connectivity index (χ0v) is 17.9. The number of aromatic hydroxyl groups is 1. The summed E-state index contributed by atoms with van der Waals surface area (Å²) in [5.74, 6) is 1.92. The number of aliphatic hydroxyl groups is 4. The molecule has 2 saturated carbocycles. The van der Waals surface area contributed by atoms with Crippen LogP contribution >= 0.6 is 0 Å². The fraction of sp³-hybridized carbons (Fsp3) is 0.750. The van der Waals surface area contributed by atoms with Crippen LogP contribution in [0.4, 0.5) is 0 Å². The normalized spacial score (nSPS) is 46.8. The van der Waals surface area contributed by atoms with Gasteiger partial charge in [0, 0.05) is 0 Å². The molecule has 172 valence electrons. The van der Waals surface area contributed by atoms with E-state index in [2.05, 4.69) is 13.0 Å². The number of rotatable bonds is 3. The molecule has 0 aromatic heterocycles. The van der Waals surface area contributed by atoms with E-state index in [9.17, 15) is 25.5 Å². The van der Waals surface area contributed by atoms with Crippen LogP contribution in [-0.4, -0.2) is 68.9 Å².